The lowest BCUT2D eigenvalue weighted by molar-refractivity contribution is -0.137. The molecule has 2 atom stereocenters. The van der Waals surface area contributed by atoms with Gasteiger partial charge in [0.15, 0.2) is 0 Å². The summed E-state index contributed by atoms with van der Waals surface area (Å²) in [7, 11) is 1.57. The van der Waals surface area contributed by atoms with Crippen LogP contribution in [0.2, 0.25) is 0 Å². The fourth-order valence-corrected chi connectivity index (χ4v) is 2.35. The highest BCUT2D eigenvalue weighted by molar-refractivity contribution is 5.66. The number of carbonyl (C=O) groups is 1. The summed E-state index contributed by atoms with van der Waals surface area (Å²) in [6, 6.07) is 3.49. The molecule has 0 aliphatic heterocycles. The summed E-state index contributed by atoms with van der Waals surface area (Å²) in [5.41, 5.74) is 2.85. The summed E-state index contributed by atoms with van der Waals surface area (Å²) in [6.07, 6.45) is -0.430. The van der Waals surface area contributed by atoms with Crippen LogP contribution in [0.3, 0.4) is 0 Å². The van der Waals surface area contributed by atoms with E-state index in [1.54, 1.807) is 7.11 Å². The first-order chi connectivity index (χ1) is 9.90. The number of benzene rings is 1. The van der Waals surface area contributed by atoms with Crippen molar-refractivity contribution in [1.82, 2.24) is 5.32 Å². The van der Waals surface area contributed by atoms with E-state index in [2.05, 4.69) is 5.32 Å². The number of ether oxygens (including phenoxy) is 1. The van der Waals surface area contributed by atoms with E-state index in [4.69, 9.17) is 9.84 Å². The van der Waals surface area contributed by atoms with Gasteiger partial charge in [0.05, 0.1) is 13.2 Å². The number of rotatable bonds is 8. The molecule has 0 bridgehead atoms. The zero-order chi connectivity index (χ0) is 16.0. The molecule has 118 valence electrons. The van der Waals surface area contributed by atoms with E-state index in [-0.39, 0.29) is 12.5 Å². The van der Waals surface area contributed by atoms with Crippen molar-refractivity contribution in [3.8, 4) is 5.75 Å². The van der Waals surface area contributed by atoms with Gasteiger partial charge in [0.1, 0.15) is 5.75 Å². The minimum atomic E-state index is -0.864. The topological polar surface area (TPSA) is 78.8 Å². The van der Waals surface area contributed by atoms with Crippen molar-refractivity contribution in [2.24, 2.45) is 0 Å². The van der Waals surface area contributed by atoms with Crippen LogP contribution in [-0.2, 0) is 4.79 Å². The summed E-state index contributed by atoms with van der Waals surface area (Å²) in [5.74, 6) is -0.235. The molecule has 1 aromatic rings. The number of aliphatic hydroxyl groups is 1. The minimum absolute atomic E-state index is 0.0158. The van der Waals surface area contributed by atoms with Gasteiger partial charge in [-0.05, 0) is 50.1 Å². The van der Waals surface area contributed by atoms with Crippen LogP contribution in [0.1, 0.15) is 42.6 Å². The third-order valence-corrected chi connectivity index (χ3v) is 3.68. The zero-order valence-electron chi connectivity index (χ0n) is 13.1. The van der Waals surface area contributed by atoms with Crippen LogP contribution in [0.5, 0.6) is 5.75 Å². The highest BCUT2D eigenvalue weighted by Gasteiger charge is 2.24. The van der Waals surface area contributed by atoms with Crippen LogP contribution in [0.4, 0.5) is 0 Å². The maximum absolute atomic E-state index is 10.8. The fraction of sp³-hybridized carbons (Fsp3) is 0.562. The largest absolute Gasteiger partial charge is 0.496 e. The smallest absolute Gasteiger partial charge is 0.303 e. The van der Waals surface area contributed by atoms with Crippen molar-refractivity contribution in [1.29, 1.82) is 0 Å². The quantitative estimate of drug-likeness (QED) is 0.685. The Labute approximate surface area is 125 Å². The molecule has 0 fully saturated rings. The lowest BCUT2D eigenvalue weighted by atomic mass is 9.94. The molecule has 1 rings (SSSR count). The molecule has 0 spiro atoms. The van der Waals surface area contributed by atoms with E-state index in [1.165, 1.54) is 0 Å². The molecule has 0 saturated carbocycles. The second kappa shape index (κ2) is 8.00. The van der Waals surface area contributed by atoms with Gasteiger partial charge in [0.25, 0.3) is 0 Å². The second-order valence-electron chi connectivity index (χ2n) is 5.22. The summed E-state index contributed by atoms with van der Waals surface area (Å²) < 4.78 is 5.35. The number of aliphatic hydroxyl groups excluding tert-OH is 1. The molecule has 0 saturated heterocycles. The van der Waals surface area contributed by atoms with E-state index < -0.39 is 12.1 Å². The molecule has 1 aromatic carbocycles. The molecular formula is C16H25NO4. The third-order valence-electron chi connectivity index (χ3n) is 3.68. The Kier molecular flexibility index (Phi) is 6.65. The van der Waals surface area contributed by atoms with Gasteiger partial charge < -0.3 is 20.3 Å². The van der Waals surface area contributed by atoms with Gasteiger partial charge in [-0.1, -0.05) is 6.92 Å². The van der Waals surface area contributed by atoms with Crippen molar-refractivity contribution in [3.63, 3.8) is 0 Å². The molecule has 0 aliphatic rings. The Morgan fingerprint density at radius 1 is 1.33 bits per heavy atom. The number of aliphatic carboxylic acids is 1. The summed E-state index contributed by atoms with van der Waals surface area (Å²) >= 11 is 0. The van der Waals surface area contributed by atoms with Gasteiger partial charge in [-0.25, -0.2) is 0 Å². The van der Waals surface area contributed by atoms with Gasteiger partial charge in [-0.2, -0.15) is 0 Å². The Balaban J connectivity index is 3.04. The van der Waals surface area contributed by atoms with Gasteiger partial charge in [-0.3, -0.25) is 4.79 Å². The van der Waals surface area contributed by atoms with Gasteiger partial charge in [-0.15, -0.1) is 0 Å². The Morgan fingerprint density at radius 2 is 1.95 bits per heavy atom. The minimum Gasteiger partial charge on any atom is -0.496 e. The first-order valence-corrected chi connectivity index (χ1v) is 7.19. The van der Waals surface area contributed by atoms with Crippen molar-refractivity contribution in [3.05, 3.63) is 28.8 Å². The highest BCUT2D eigenvalue weighted by Crippen LogP contribution is 2.31. The summed E-state index contributed by atoms with van der Waals surface area (Å²) in [4.78, 5) is 10.8. The highest BCUT2D eigenvalue weighted by atomic mass is 16.5. The lowest BCUT2D eigenvalue weighted by Crippen LogP contribution is -2.35. The molecule has 0 aromatic heterocycles. The zero-order valence-corrected chi connectivity index (χ0v) is 13.1. The maximum Gasteiger partial charge on any atom is 0.303 e. The van der Waals surface area contributed by atoms with E-state index >= 15 is 0 Å². The van der Waals surface area contributed by atoms with Crippen molar-refractivity contribution < 1.29 is 19.7 Å². The molecular weight excluding hydrogens is 270 g/mol. The van der Waals surface area contributed by atoms with Crippen molar-refractivity contribution in [2.75, 3.05) is 13.7 Å². The molecule has 3 N–H and O–H groups in total. The van der Waals surface area contributed by atoms with Gasteiger partial charge >= 0.3 is 5.97 Å². The number of carboxylic acid groups (broad SMARTS) is 1. The molecule has 0 aliphatic carbocycles. The Bertz CT molecular complexity index is 487. The van der Waals surface area contributed by atoms with Crippen LogP contribution in [0, 0.1) is 13.8 Å². The molecule has 2 unspecified atom stereocenters. The molecule has 0 amide bonds. The Hall–Kier alpha value is -1.59. The van der Waals surface area contributed by atoms with E-state index in [1.807, 2.05) is 32.9 Å². The molecule has 0 heterocycles. The van der Waals surface area contributed by atoms with E-state index in [9.17, 15) is 9.90 Å². The van der Waals surface area contributed by atoms with E-state index in [0.717, 1.165) is 11.1 Å². The normalized spacial score (nSPS) is 13.8. The van der Waals surface area contributed by atoms with Crippen LogP contribution >= 0.6 is 0 Å². The first kappa shape index (κ1) is 17.5. The van der Waals surface area contributed by atoms with Crippen LogP contribution in [0.15, 0.2) is 12.1 Å². The number of likely N-dealkylation sites (N-methyl/N-ethyl adjacent to an activating group) is 1. The maximum atomic E-state index is 10.8. The molecule has 0 radical (unpaired) electrons. The SMILES string of the molecule is CCNC(CCC(=O)O)C(O)c1cc(C)c(C)cc1OC. The number of aryl methyl sites for hydroxylation is 2. The average Bonchev–Trinajstić information content (AvgIpc) is 2.44. The predicted octanol–water partition coefficient (Wildman–Crippen LogP) is 2.19. The number of methoxy groups -OCH3 is 1. The second-order valence-corrected chi connectivity index (χ2v) is 5.22. The molecule has 21 heavy (non-hydrogen) atoms. The standard InChI is InChI=1S/C16H25NO4/c1-5-17-13(6-7-15(18)19)16(20)12-8-10(2)11(3)9-14(12)21-4/h8-9,13,16-17,20H,5-7H2,1-4H3,(H,18,19). The monoisotopic (exact) mass is 295 g/mol. The van der Waals surface area contributed by atoms with Crippen LogP contribution < -0.4 is 10.1 Å². The third kappa shape index (κ3) is 4.72. The summed E-state index contributed by atoms with van der Waals surface area (Å²) in [6.45, 7) is 6.55. The van der Waals surface area contributed by atoms with Crippen molar-refractivity contribution in [2.45, 2.75) is 45.8 Å². The van der Waals surface area contributed by atoms with Gasteiger partial charge in [0, 0.05) is 18.0 Å². The fourth-order valence-electron chi connectivity index (χ4n) is 2.35. The van der Waals surface area contributed by atoms with Crippen LogP contribution in [0.25, 0.3) is 0 Å². The van der Waals surface area contributed by atoms with Crippen molar-refractivity contribution >= 4 is 5.97 Å². The number of carboxylic acids is 1. The predicted molar refractivity (Wildman–Crippen MR) is 81.8 cm³/mol. The Morgan fingerprint density at radius 3 is 2.48 bits per heavy atom. The van der Waals surface area contributed by atoms with E-state index in [0.29, 0.717) is 24.3 Å². The first-order valence-electron chi connectivity index (χ1n) is 7.19. The molecule has 5 heteroatoms. The molecule has 5 nitrogen and oxygen atoms in total. The lowest BCUT2D eigenvalue weighted by Gasteiger charge is -2.25. The number of hydrogen-bond donors (Lipinski definition) is 3. The average molecular weight is 295 g/mol. The van der Waals surface area contributed by atoms with Gasteiger partial charge in [0.2, 0.25) is 0 Å². The summed E-state index contributed by atoms with van der Waals surface area (Å²) in [5, 5.41) is 22.6. The number of hydrogen-bond acceptors (Lipinski definition) is 4. The number of nitrogens with one attached hydrogen (secondary N) is 1. The van der Waals surface area contributed by atoms with Crippen LogP contribution in [-0.4, -0.2) is 35.9 Å².